The van der Waals surface area contributed by atoms with Gasteiger partial charge in [-0.15, -0.1) is 0 Å². The lowest BCUT2D eigenvalue weighted by molar-refractivity contribution is 0.0696. The number of carboxylic acid groups (broad SMARTS) is 1. The molecule has 0 saturated heterocycles. The SMILES string of the molecule is CCNc1cc(C(=O)O)cn2c(C)c(C)nc12. The smallest absolute Gasteiger partial charge is 0.337 e. The van der Waals surface area contributed by atoms with Crippen molar-refractivity contribution in [3.63, 3.8) is 0 Å². The lowest BCUT2D eigenvalue weighted by Gasteiger charge is -2.07. The molecule has 0 aliphatic carbocycles. The van der Waals surface area contributed by atoms with Gasteiger partial charge in [0.25, 0.3) is 0 Å². The maximum atomic E-state index is 11.1. The highest BCUT2D eigenvalue weighted by atomic mass is 16.4. The van der Waals surface area contributed by atoms with Crippen LogP contribution in [-0.4, -0.2) is 27.0 Å². The summed E-state index contributed by atoms with van der Waals surface area (Å²) in [6.07, 6.45) is 1.60. The molecule has 0 radical (unpaired) electrons. The molecule has 0 atom stereocenters. The topological polar surface area (TPSA) is 66.6 Å². The monoisotopic (exact) mass is 233 g/mol. The quantitative estimate of drug-likeness (QED) is 0.851. The molecule has 5 heteroatoms. The Labute approximate surface area is 99.1 Å². The Hall–Kier alpha value is -2.04. The number of hydrogen-bond donors (Lipinski definition) is 2. The van der Waals surface area contributed by atoms with Crippen LogP contribution in [-0.2, 0) is 0 Å². The molecular formula is C12H15N3O2. The Kier molecular flexibility index (Phi) is 2.75. The minimum absolute atomic E-state index is 0.258. The summed E-state index contributed by atoms with van der Waals surface area (Å²) in [5.41, 5.74) is 3.65. The highest BCUT2D eigenvalue weighted by Crippen LogP contribution is 2.21. The number of imidazole rings is 1. The first-order valence-electron chi connectivity index (χ1n) is 5.51. The summed E-state index contributed by atoms with van der Waals surface area (Å²) < 4.78 is 1.82. The van der Waals surface area contributed by atoms with Crippen molar-refractivity contribution < 1.29 is 9.90 Å². The van der Waals surface area contributed by atoms with Crippen LogP contribution in [0.5, 0.6) is 0 Å². The van der Waals surface area contributed by atoms with Gasteiger partial charge in [0.15, 0.2) is 5.65 Å². The van der Waals surface area contributed by atoms with Gasteiger partial charge in [0.2, 0.25) is 0 Å². The first kappa shape index (κ1) is 11.4. The second kappa shape index (κ2) is 4.08. The standard InChI is InChI=1S/C12H15N3O2/c1-4-13-10-5-9(12(16)17)6-15-8(3)7(2)14-11(10)15/h5-6,13H,4H2,1-3H3,(H,16,17). The summed E-state index contributed by atoms with van der Waals surface area (Å²) in [7, 11) is 0. The van der Waals surface area contributed by atoms with Crippen LogP contribution in [0.4, 0.5) is 5.69 Å². The summed E-state index contributed by atoms with van der Waals surface area (Å²) >= 11 is 0. The molecule has 0 fully saturated rings. The van der Waals surface area contributed by atoms with Crippen molar-refractivity contribution in [2.75, 3.05) is 11.9 Å². The van der Waals surface area contributed by atoms with E-state index in [9.17, 15) is 4.79 Å². The molecule has 5 nitrogen and oxygen atoms in total. The molecule has 2 aromatic rings. The fourth-order valence-electron chi connectivity index (χ4n) is 1.81. The summed E-state index contributed by atoms with van der Waals surface area (Å²) in [5.74, 6) is -0.934. The van der Waals surface area contributed by atoms with Crippen LogP contribution in [0.1, 0.15) is 28.7 Å². The Morgan fingerprint density at radius 3 is 2.82 bits per heavy atom. The van der Waals surface area contributed by atoms with Gasteiger partial charge in [-0.2, -0.15) is 0 Å². The number of rotatable bonds is 3. The molecular weight excluding hydrogens is 218 g/mol. The molecule has 0 spiro atoms. The maximum absolute atomic E-state index is 11.1. The van der Waals surface area contributed by atoms with E-state index in [1.165, 1.54) is 0 Å². The van der Waals surface area contributed by atoms with Gasteiger partial charge in [0.1, 0.15) is 0 Å². The molecule has 0 unspecified atom stereocenters. The molecule has 2 rings (SSSR count). The van der Waals surface area contributed by atoms with Gasteiger partial charge in [0, 0.05) is 18.4 Å². The third-order valence-corrected chi connectivity index (χ3v) is 2.81. The highest BCUT2D eigenvalue weighted by molar-refractivity contribution is 5.90. The Balaban J connectivity index is 2.76. The van der Waals surface area contributed by atoms with Gasteiger partial charge in [-0.25, -0.2) is 9.78 Å². The van der Waals surface area contributed by atoms with Gasteiger partial charge >= 0.3 is 5.97 Å². The molecule has 0 aromatic carbocycles. The lowest BCUT2D eigenvalue weighted by atomic mass is 10.2. The number of fused-ring (bicyclic) bond motifs is 1. The predicted molar refractivity (Wildman–Crippen MR) is 65.8 cm³/mol. The van der Waals surface area contributed by atoms with Crippen LogP contribution in [0, 0.1) is 13.8 Å². The Morgan fingerprint density at radius 2 is 2.24 bits per heavy atom. The number of hydrogen-bond acceptors (Lipinski definition) is 3. The second-order valence-electron chi connectivity index (χ2n) is 3.95. The van der Waals surface area contributed by atoms with Crippen molar-refractivity contribution in [3.05, 3.63) is 29.2 Å². The molecule has 0 amide bonds. The normalized spacial score (nSPS) is 10.8. The van der Waals surface area contributed by atoms with E-state index >= 15 is 0 Å². The molecule has 0 saturated carbocycles. The van der Waals surface area contributed by atoms with E-state index in [0.29, 0.717) is 0 Å². The van der Waals surface area contributed by atoms with Gasteiger partial charge < -0.3 is 14.8 Å². The van der Waals surface area contributed by atoms with Gasteiger partial charge in [-0.05, 0) is 26.8 Å². The zero-order chi connectivity index (χ0) is 12.6. The third kappa shape index (κ3) is 1.84. The summed E-state index contributed by atoms with van der Waals surface area (Å²) in [5, 5.41) is 12.2. The van der Waals surface area contributed by atoms with E-state index in [2.05, 4.69) is 10.3 Å². The second-order valence-corrected chi connectivity index (χ2v) is 3.95. The first-order valence-corrected chi connectivity index (χ1v) is 5.51. The third-order valence-electron chi connectivity index (χ3n) is 2.81. The van der Waals surface area contributed by atoms with Crippen LogP contribution < -0.4 is 5.32 Å². The largest absolute Gasteiger partial charge is 0.478 e. The first-order chi connectivity index (χ1) is 8.04. The van der Waals surface area contributed by atoms with Crippen molar-refractivity contribution >= 4 is 17.3 Å². The number of nitrogens with zero attached hydrogens (tertiary/aromatic N) is 2. The summed E-state index contributed by atoms with van der Waals surface area (Å²) in [6.45, 7) is 6.53. The minimum atomic E-state index is -0.934. The average molecular weight is 233 g/mol. The number of anilines is 1. The number of carbonyl (C=O) groups is 1. The summed E-state index contributed by atoms with van der Waals surface area (Å²) in [4.78, 5) is 15.5. The number of carboxylic acids is 1. The van der Waals surface area contributed by atoms with Crippen molar-refractivity contribution in [1.82, 2.24) is 9.38 Å². The van der Waals surface area contributed by atoms with E-state index in [-0.39, 0.29) is 5.56 Å². The molecule has 17 heavy (non-hydrogen) atoms. The van der Waals surface area contributed by atoms with E-state index < -0.39 is 5.97 Å². The molecule has 90 valence electrons. The van der Waals surface area contributed by atoms with Crippen molar-refractivity contribution in [2.45, 2.75) is 20.8 Å². The number of aryl methyl sites for hydroxylation is 2. The molecule has 2 heterocycles. The number of aromatic nitrogens is 2. The summed E-state index contributed by atoms with van der Waals surface area (Å²) in [6, 6.07) is 1.62. The fourth-order valence-corrected chi connectivity index (χ4v) is 1.81. The van der Waals surface area contributed by atoms with Gasteiger partial charge in [0.05, 0.1) is 16.9 Å². The number of nitrogens with one attached hydrogen (secondary N) is 1. The van der Waals surface area contributed by atoms with Gasteiger partial charge in [-0.1, -0.05) is 0 Å². The molecule has 0 aliphatic rings. The molecule has 2 N–H and O–H groups in total. The molecule has 0 bridgehead atoms. The number of pyridine rings is 1. The highest BCUT2D eigenvalue weighted by Gasteiger charge is 2.13. The van der Waals surface area contributed by atoms with Crippen LogP contribution >= 0.6 is 0 Å². The fraction of sp³-hybridized carbons (Fsp3) is 0.333. The lowest BCUT2D eigenvalue weighted by Crippen LogP contribution is -2.05. The number of aromatic carboxylic acids is 1. The van der Waals surface area contributed by atoms with Gasteiger partial charge in [-0.3, -0.25) is 0 Å². The zero-order valence-corrected chi connectivity index (χ0v) is 10.1. The zero-order valence-electron chi connectivity index (χ0n) is 10.1. The van der Waals surface area contributed by atoms with E-state index in [1.807, 2.05) is 25.2 Å². The van der Waals surface area contributed by atoms with Crippen molar-refractivity contribution in [2.24, 2.45) is 0 Å². The van der Waals surface area contributed by atoms with Crippen molar-refractivity contribution in [3.8, 4) is 0 Å². The Morgan fingerprint density at radius 1 is 1.53 bits per heavy atom. The average Bonchev–Trinajstić information content (AvgIpc) is 2.56. The van der Waals surface area contributed by atoms with Crippen LogP contribution in [0.25, 0.3) is 5.65 Å². The van der Waals surface area contributed by atoms with Crippen LogP contribution in [0.3, 0.4) is 0 Å². The van der Waals surface area contributed by atoms with E-state index in [0.717, 1.165) is 29.3 Å². The molecule has 0 aliphatic heterocycles. The van der Waals surface area contributed by atoms with Crippen molar-refractivity contribution in [1.29, 1.82) is 0 Å². The minimum Gasteiger partial charge on any atom is -0.478 e. The molecule has 2 aromatic heterocycles. The Bertz CT molecular complexity index is 587. The van der Waals surface area contributed by atoms with E-state index in [4.69, 9.17) is 5.11 Å². The van der Waals surface area contributed by atoms with E-state index in [1.54, 1.807) is 12.3 Å². The van der Waals surface area contributed by atoms with Crippen LogP contribution in [0.2, 0.25) is 0 Å². The predicted octanol–water partition coefficient (Wildman–Crippen LogP) is 2.08. The van der Waals surface area contributed by atoms with Crippen LogP contribution in [0.15, 0.2) is 12.3 Å². The maximum Gasteiger partial charge on any atom is 0.337 e.